The van der Waals surface area contributed by atoms with Crippen molar-refractivity contribution >= 4 is 17.5 Å². The van der Waals surface area contributed by atoms with E-state index in [1.54, 1.807) is 12.1 Å². The van der Waals surface area contributed by atoms with Gasteiger partial charge in [-0.15, -0.1) is 0 Å². The van der Waals surface area contributed by atoms with Gasteiger partial charge in [0.05, 0.1) is 17.5 Å². The van der Waals surface area contributed by atoms with Crippen LogP contribution in [0.4, 0.5) is 10.1 Å². The van der Waals surface area contributed by atoms with Crippen LogP contribution in [0.15, 0.2) is 48.6 Å². The number of rotatable bonds is 1. The van der Waals surface area contributed by atoms with Gasteiger partial charge in [0.15, 0.2) is 0 Å². The van der Waals surface area contributed by atoms with E-state index in [0.717, 1.165) is 4.90 Å². The summed E-state index contributed by atoms with van der Waals surface area (Å²) in [5, 5.41) is 0. The molecule has 1 saturated heterocycles. The van der Waals surface area contributed by atoms with E-state index < -0.39 is 5.82 Å². The van der Waals surface area contributed by atoms with Crippen LogP contribution >= 0.6 is 0 Å². The van der Waals surface area contributed by atoms with Gasteiger partial charge in [-0.05, 0) is 35.8 Å². The first-order valence-corrected chi connectivity index (χ1v) is 7.67. The number of anilines is 1. The first kappa shape index (κ1) is 12.3. The van der Waals surface area contributed by atoms with E-state index in [2.05, 4.69) is 24.3 Å². The van der Waals surface area contributed by atoms with Gasteiger partial charge in [0.1, 0.15) is 5.82 Å². The molecule has 0 N–H and O–H groups in total. The van der Waals surface area contributed by atoms with E-state index in [4.69, 9.17) is 0 Å². The fourth-order valence-corrected chi connectivity index (χ4v) is 4.76. The fraction of sp³-hybridized carbons (Fsp3) is 0.333. The summed E-state index contributed by atoms with van der Waals surface area (Å²) in [7, 11) is 0. The molecule has 1 aromatic carbocycles. The highest BCUT2D eigenvalue weighted by Gasteiger charge is 2.63. The summed E-state index contributed by atoms with van der Waals surface area (Å²) >= 11 is 0. The number of hydrogen-bond acceptors (Lipinski definition) is 2. The Hall–Kier alpha value is -2.23. The Bertz CT molecular complexity index is 728. The first-order chi connectivity index (χ1) is 10.7. The van der Waals surface area contributed by atoms with Crippen LogP contribution in [-0.2, 0) is 9.59 Å². The Labute approximate surface area is 127 Å². The lowest BCUT2D eigenvalue weighted by Gasteiger charge is -2.51. The van der Waals surface area contributed by atoms with E-state index in [1.165, 1.54) is 12.1 Å². The molecule has 110 valence electrons. The third-order valence-electron chi connectivity index (χ3n) is 5.77. The van der Waals surface area contributed by atoms with E-state index in [1.807, 2.05) is 0 Å². The van der Waals surface area contributed by atoms with Crippen LogP contribution in [0.3, 0.4) is 0 Å². The SMILES string of the molecule is O=C1[C@@H]2C3C=CC(C4C=CC43)[C@@H]2C(=O)N1c1ccccc1F. The summed E-state index contributed by atoms with van der Waals surface area (Å²) in [5.74, 6) is -0.749. The Morgan fingerprint density at radius 1 is 0.773 bits per heavy atom. The topological polar surface area (TPSA) is 37.4 Å². The molecule has 2 bridgehead atoms. The maximum atomic E-state index is 14.1. The number of allylic oxidation sites excluding steroid dienone is 4. The van der Waals surface area contributed by atoms with Crippen molar-refractivity contribution in [1.29, 1.82) is 0 Å². The molecule has 1 aliphatic heterocycles. The van der Waals surface area contributed by atoms with Crippen LogP contribution in [0.1, 0.15) is 0 Å². The van der Waals surface area contributed by atoms with E-state index in [-0.39, 0.29) is 41.2 Å². The molecule has 1 saturated carbocycles. The minimum Gasteiger partial charge on any atom is -0.274 e. The molecule has 0 aromatic heterocycles. The van der Waals surface area contributed by atoms with E-state index >= 15 is 0 Å². The van der Waals surface area contributed by atoms with E-state index in [0.29, 0.717) is 11.8 Å². The van der Waals surface area contributed by atoms with Crippen molar-refractivity contribution in [3.8, 4) is 0 Å². The summed E-state index contributed by atoms with van der Waals surface area (Å²) < 4.78 is 14.1. The molecule has 0 spiro atoms. The zero-order chi connectivity index (χ0) is 15.0. The molecule has 5 aliphatic rings. The molecule has 4 unspecified atom stereocenters. The third-order valence-corrected chi connectivity index (χ3v) is 5.77. The number of hydrogen-bond donors (Lipinski definition) is 0. The second kappa shape index (κ2) is 3.94. The predicted octanol–water partition coefficient (Wildman–Crippen LogP) is 2.55. The minimum atomic E-state index is -0.524. The minimum absolute atomic E-state index is 0.0817. The molecule has 1 heterocycles. The maximum absolute atomic E-state index is 14.1. The van der Waals surface area contributed by atoms with Crippen LogP contribution < -0.4 is 4.90 Å². The number of carbonyl (C=O) groups excluding carboxylic acids is 2. The van der Waals surface area contributed by atoms with Crippen molar-refractivity contribution in [1.82, 2.24) is 0 Å². The molecule has 6 rings (SSSR count). The lowest BCUT2D eigenvalue weighted by Crippen LogP contribution is -2.50. The zero-order valence-corrected chi connectivity index (χ0v) is 11.7. The summed E-state index contributed by atoms with van der Waals surface area (Å²) in [6.07, 6.45) is 8.47. The molecule has 4 aliphatic carbocycles. The summed E-state index contributed by atoms with van der Waals surface area (Å²) in [4.78, 5) is 26.8. The molecule has 3 nitrogen and oxygen atoms in total. The molecule has 2 fully saturated rings. The van der Waals surface area contributed by atoms with Gasteiger partial charge in [0.2, 0.25) is 11.8 Å². The van der Waals surface area contributed by atoms with Crippen molar-refractivity contribution in [2.45, 2.75) is 0 Å². The number of amides is 2. The molecule has 6 atom stereocenters. The third kappa shape index (κ3) is 1.27. The molecule has 22 heavy (non-hydrogen) atoms. The highest BCUT2D eigenvalue weighted by molar-refractivity contribution is 6.22. The van der Waals surface area contributed by atoms with E-state index in [9.17, 15) is 14.0 Å². The molecule has 2 amide bonds. The normalized spacial score (nSPS) is 40.7. The second-order valence-electron chi connectivity index (χ2n) is 6.59. The molecular formula is C18H14FNO2. The van der Waals surface area contributed by atoms with Gasteiger partial charge in [0.25, 0.3) is 0 Å². The van der Waals surface area contributed by atoms with Crippen LogP contribution in [-0.4, -0.2) is 11.8 Å². The largest absolute Gasteiger partial charge is 0.274 e. The summed E-state index contributed by atoms with van der Waals surface area (Å²) in [6.45, 7) is 0. The predicted molar refractivity (Wildman–Crippen MR) is 78.1 cm³/mol. The van der Waals surface area contributed by atoms with Crippen LogP contribution in [0.25, 0.3) is 0 Å². The number of halogens is 1. The fourth-order valence-electron chi connectivity index (χ4n) is 4.76. The van der Waals surface area contributed by atoms with Gasteiger partial charge in [-0.1, -0.05) is 36.4 Å². The van der Waals surface area contributed by atoms with Crippen molar-refractivity contribution < 1.29 is 14.0 Å². The number of para-hydroxylation sites is 1. The van der Waals surface area contributed by atoms with Gasteiger partial charge in [-0.2, -0.15) is 0 Å². The smallest absolute Gasteiger partial charge is 0.238 e. The summed E-state index contributed by atoms with van der Waals surface area (Å²) in [6, 6.07) is 6.01. The highest BCUT2D eigenvalue weighted by Crippen LogP contribution is 2.59. The Morgan fingerprint density at radius 2 is 1.27 bits per heavy atom. The van der Waals surface area contributed by atoms with Gasteiger partial charge >= 0.3 is 0 Å². The Kier molecular flexibility index (Phi) is 2.21. The van der Waals surface area contributed by atoms with Crippen LogP contribution in [0.2, 0.25) is 0 Å². The van der Waals surface area contributed by atoms with Crippen molar-refractivity contribution in [2.75, 3.05) is 4.90 Å². The second-order valence-corrected chi connectivity index (χ2v) is 6.59. The quantitative estimate of drug-likeness (QED) is 0.590. The average Bonchev–Trinajstić information content (AvgIpc) is 2.73. The Balaban J connectivity index is 1.62. The number of carbonyl (C=O) groups is 2. The molecule has 4 heteroatoms. The number of imide groups is 1. The van der Waals surface area contributed by atoms with Crippen molar-refractivity contribution in [3.05, 3.63) is 54.4 Å². The molecular weight excluding hydrogens is 281 g/mol. The highest BCUT2D eigenvalue weighted by atomic mass is 19.1. The Morgan fingerprint density at radius 3 is 1.77 bits per heavy atom. The molecule has 0 radical (unpaired) electrons. The van der Waals surface area contributed by atoms with Crippen molar-refractivity contribution in [2.24, 2.45) is 35.5 Å². The average molecular weight is 295 g/mol. The van der Waals surface area contributed by atoms with Crippen LogP contribution in [0.5, 0.6) is 0 Å². The standard InChI is InChI=1S/C18H14FNO2/c19-13-3-1-2-4-14(13)20-17(21)15-11-7-8-12(16(15)18(20)22)10-6-5-9(10)11/h1-12,15-16H/t9?,10?,11?,12?,15-,16+. The number of nitrogens with zero attached hydrogens (tertiary/aromatic N) is 1. The van der Waals surface area contributed by atoms with Gasteiger partial charge in [-0.25, -0.2) is 9.29 Å². The lowest BCUT2D eigenvalue weighted by atomic mass is 9.50. The van der Waals surface area contributed by atoms with Crippen molar-refractivity contribution in [3.63, 3.8) is 0 Å². The van der Waals surface area contributed by atoms with Crippen LogP contribution in [0, 0.1) is 41.3 Å². The van der Waals surface area contributed by atoms with Gasteiger partial charge in [-0.3, -0.25) is 9.59 Å². The molecule has 1 aromatic rings. The van der Waals surface area contributed by atoms with Gasteiger partial charge in [0, 0.05) is 0 Å². The lowest BCUT2D eigenvalue weighted by molar-refractivity contribution is -0.127. The monoisotopic (exact) mass is 295 g/mol. The first-order valence-electron chi connectivity index (χ1n) is 7.67. The maximum Gasteiger partial charge on any atom is 0.238 e. The van der Waals surface area contributed by atoms with Gasteiger partial charge < -0.3 is 0 Å². The zero-order valence-electron chi connectivity index (χ0n) is 11.7. The summed E-state index contributed by atoms with van der Waals surface area (Å²) in [5.41, 5.74) is 0.0895. The number of benzene rings is 1.